The first-order chi connectivity index (χ1) is 6.72. The molecule has 0 atom stereocenters. The lowest BCUT2D eigenvalue weighted by Crippen LogP contribution is -2.07. The Kier molecular flexibility index (Phi) is 4.40. The molecule has 0 aromatic heterocycles. The van der Waals surface area contributed by atoms with Gasteiger partial charge in [-0.1, -0.05) is 40.7 Å². The lowest BCUT2D eigenvalue weighted by atomic mass is 10.2. The fourth-order valence-electron chi connectivity index (χ4n) is 1.02. The summed E-state index contributed by atoms with van der Waals surface area (Å²) in [5.74, 6) is -0.233. The number of carbonyl (C=O) groups is 1. The van der Waals surface area contributed by atoms with Gasteiger partial charge in [0, 0.05) is 4.47 Å². The van der Waals surface area contributed by atoms with Gasteiger partial charge in [0.2, 0.25) is 0 Å². The van der Waals surface area contributed by atoms with Crippen LogP contribution in [0.25, 0.3) is 0 Å². The normalized spacial score (nSPS) is 9.50. The van der Waals surface area contributed by atoms with E-state index in [1.807, 2.05) is 24.3 Å². The number of ether oxygens (including phenoxy) is 1. The standard InChI is InChI=1S/C11H11BrO2/c1-2-6-14-11(13)8-9-4-3-5-10(12)7-9/h2-5,7H,1,6,8H2. The van der Waals surface area contributed by atoms with E-state index in [0.29, 0.717) is 6.42 Å². The number of esters is 1. The van der Waals surface area contributed by atoms with Gasteiger partial charge in [-0.2, -0.15) is 0 Å². The Labute approximate surface area is 91.7 Å². The van der Waals surface area contributed by atoms with Gasteiger partial charge in [0.25, 0.3) is 0 Å². The Morgan fingerprint density at radius 1 is 1.57 bits per heavy atom. The average molecular weight is 255 g/mol. The van der Waals surface area contributed by atoms with E-state index in [1.165, 1.54) is 0 Å². The molecule has 0 N–H and O–H groups in total. The Balaban J connectivity index is 2.51. The zero-order valence-electron chi connectivity index (χ0n) is 7.70. The van der Waals surface area contributed by atoms with Crippen molar-refractivity contribution in [2.45, 2.75) is 6.42 Å². The summed E-state index contributed by atoms with van der Waals surface area (Å²) in [6, 6.07) is 7.59. The molecule has 0 aliphatic heterocycles. The second-order valence-electron chi connectivity index (χ2n) is 2.78. The van der Waals surface area contributed by atoms with Crippen LogP contribution in [-0.2, 0) is 16.0 Å². The number of carbonyl (C=O) groups excluding carboxylic acids is 1. The molecule has 0 spiro atoms. The smallest absolute Gasteiger partial charge is 0.310 e. The van der Waals surface area contributed by atoms with Crippen molar-refractivity contribution < 1.29 is 9.53 Å². The molecule has 74 valence electrons. The van der Waals surface area contributed by atoms with E-state index >= 15 is 0 Å². The van der Waals surface area contributed by atoms with Gasteiger partial charge in [-0.3, -0.25) is 4.79 Å². The first kappa shape index (κ1) is 11.0. The van der Waals surface area contributed by atoms with Crippen molar-refractivity contribution in [1.82, 2.24) is 0 Å². The van der Waals surface area contributed by atoms with Gasteiger partial charge in [0.05, 0.1) is 6.42 Å². The Morgan fingerprint density at radius 2 is 2.36 bits per heavy atom. The maximum Gasteiger partial charge on any atom is 0.310 e. The average Bonchev–Trinajstić information content (AvgIpc) is 2.15. The van der Waals surface area contributed by atoms with Gasteiger partial charge in [-0.05, 0) is 17.7 Å². The molecule has 0 amide bonds. The van der Waals surface area contributed by atoms with Crippen molar-refractivity contribution >= 4 is 21.9 Å². The number of rotatable bonds is 4. The molecule has 14 heavy (non-hydrogen) atoms. The fraction of sp³-hybridized carbons (Fsp3) is 0.182. The molecule has 0 saturated heterocycles. The second-order valence-corrected chi connectivity index (χ2v) is 3.69. The third-order valence-electron chi connectivity index (χ3n) is 1.60. The predicted octanol–water partition coefficient (Wildman–Crippen LogP) is 2.72. The van der Waals surface area contributed by atoms with Crippen LogP contribution in [0.4, 0.5) is 0 Å². The molecule has 0 radical (unpaired) electrons. The summed E-state index contributed by atoms with van der Waals surface area (Å²) < 4.78 is 5.83. The third kappa shape index (κ3) is 3.75. The Morgan fingerprint density at radius 3 is 3.00 bits per heavy atom. The van der Waals surface area contributed by atoms with E-state index in [4.69, 9.17) is 4.74 Å². The number of hydrogen-bond donors (Lipinski definition) is 0. The van der Waals surface area contributed by atoms with Crippen LogP contribution in [-0.4, -0.2) is 12.6 Å². The zero-order valence-corrected chi connectivity index (χ0v) is 9.29. The van der Waals surface area contributed by atoms with Crippen LogP contribution in [0.2, 0.25) is 0 Å². The molecule has 0 aliphatic carbocycles. The van der Waals surface area contributed by atoms with Gasteiger partial charge in [0.1, 0.15) is 6.61 Å². The lowest BCUT2D eigenvalue weighted by molar-refractivity contribution is -0.141. The topological polar surface area (TPSA) is 26.3 Å². The van der Waals surface area contributed by atoms with Crippen molar-refractivity contribution in [3.8, 4) is 0 Å². The summed E-state index contributed by atoms with van der Waals surface area (Å²) in [6.45, 7) is 3.74. The largest absolute Gasteiger partial charge is 0.461 e. The van der Waals surface area contributed by atoms with E-state index < -0.39 is 0 Å². The highest BCUT2D eigenvalue weighted by atomic mass is 79.9. The minimum atomic E-state index is -0.233. The van der Waals surface area contributed by atoms with E-state index in [9.17, 15) is 4.79 Å². The quantitative estimate of drug-likeness (QED) is 0.610. The summed E-state index contributed by atoms with van der Waals surface area (Å²) in [5, 5.41) is 0. The molecule has 1 aromatic rings. The highest BCUT2D eigenvalue weighted by molar-refractivity contribution is 9.10. The number of halogens is 1. The first-order valence-corrected chi connectivity index (χ1v) is 5.02. The van der Waals surface area contributed by atoms with E-state index in [2.05, 4.69) is 22.5 Å². The monoisotopic (exact) mass is 254 g/mol. The van der Waals surface area contributed by atoms with Crippen LogP contribution < -0.4 is 0 Å². The Bertz CT molecular complexity index is 334. The molecule has 2 nitrogen and oxygen atoms in total. The summed E-state index contributed by atoms with van der Waals surface area (Å²) >= 11 is 3.34. The van der Waals surface area contributed by atoms with Gasteiger partial charge < -0.3 is 4.74 Å². The van der Waals surface area contributed by atoms with Crippen LogP contribution in [0.5, 0.6) is 0 Å². The lowest BCUT2D eigenvalue weighted by Gasteiger charge is -2.02. The molecule has 0 saturated carbocycles. The Hall–Kier alpha value is -1.09. The molecular weight excluding hydrogens is 244 g/mol. The number of hydrogen-bond acceptors (Lipinski definition) is 2. The first-order valence-electron chi connectivity index (χ1n) is 4.23. The minimum Gasteiger partial charge on any atom is -0.461 e. The summed E-state index contributed by atoms with van der Waals surface area (Å²) in [5.41, 5.74) is 0.938. The van der Waals surface area contributed by atoms with Gasteiger partial charge >= 0.3 is 5.97 Å². The molecule has 1 rings (SSSR count). The van der Waals surface area contributed by atoms with E-state index in [-0.39, 0.29) is 12.6 Å². The fourth-order valence-corrected chi connectivity index (χ4v) is 1.46. The molecule has 1 aromatic carbocycles. The molecule has 0 unspecified atom stereocenters. The number of benzene rings is 1. The summed E-state index contributed by atoms with van der Waals surface area (Å²) in [7, 11) is 0. The van der Waals surface area contributed by atoms with Gasteiger partial charge in [0.15, 0.2) is 0 Å². The maximum atomic E-state index is 11.2. The van der Waals surface area contributed by atoms with Crippen molar-refractivity contribution in [2.75, 3.05) is 6.61 Å². The van der Waals surface area contributed by atoms with Crippen LogP contribution in [0, 0.1) is 0 Å². The SMILES string of the molecule is C=CCOC(=O)Cc1cccc(Br)c1. The summed E-state index contributed by atoms with van der Waals surface area (Å²) in [6.07, 6.45) is 1.85. The van der Waals surface area contributed by atoms with Crippen molar-refractivity contribution in [2.24, 2.45) is 0 Å². The van der Waals surface area contributed by atoms with Crippen LogP contribution in [0.3, 0.4) is 0 Å². The second kappa shape index (κ2) is 5.60. The van der Waals surface area contributed by atoms with Crippen molar-refractivity contribution in [1.29, 1.82) is 0 Å². The third-order valence-corrected chi connectivity index (χ3v) is 2.09. The molecule has 0 aliphatic rings. The predicted molar refractivity (Wildman–Crippen MR) is 59.0 cm³/mol. The minimum absolute atomic E-state index is 0.233. The molecule has 3 heteroatoms. The maximum absolute atomic E-state index is 11.2. The van der Waals surface area contributed by atoms with Gasteiger partial charge in [-0.25, -0.2) is 0 Å². The summed E-state index contributed by atoms with van der Waals surface area (Å²) in [4.78, 5) is 11.2. The van der Waals surface area contributed by atoms with Crippen molar-refractivity contribution in [3.63, 3.8) is 0 Å². The van der Waals surface area contributed by atoms with E-state index in [0.717, 1.165) is 10.0 Å². The molecule has 0 bridgehead atoms. The van der Waals surface area contributed by atoms with E-state index in [1.54, 1.807) is 6.08 Å². The molecular formula is C11H11BrO2. The molecule has 0 heterocycles. The highest BCUT2D eigenvalue weighted by Crippen LogP contribution is 2.12. The van der Waals surface area contributed by atoms with Crippen LogP contribution >= 0.6 is 15.9 Å². The van der Waals surface area contributed by atoms with Crippen molar-refractivity contribution in [3.05, 3.63) is 47.0 Å². The zero-order chi connectivity index (χ0) is 10.4. The highest BCUT2D eigenvalue weighted by Gasteiger charge is 2.03. The van der Waals surface area contributed by atoms with Crippen LogP contribution in [0.1, 0.15) is 5.56 Å². The van der Waals surface area contributed by atoms with Gasteiger partial charge in [-0.15, -0.1) is 0 Å². The van der Waals surface area contributed by atoms with Crippen LogP contribution in [0.15, 0.2) is 41.4 Å². The molecule has 0 fully saturated rings.